The minimum Gasteiger partial charge on any atom is -0.450 e. The van der Waals surface area contributed by atoms with Gasteiger partial charge in [0.05, 0.1) is 13.2 Å². The second-order valence-corrected chi connectivity index (χ2v) is 4.19. The van der Waals surface area contributed by atoms with Gasteiger partial charge in [-0.25, -0.2) is 9.59 Å². The van der Waals surface area contributed by atoms with Crippen molar-refractivity contribution in [1.82, 2.24) is 21.3 Å². The Morgan fingerprint density at radius 2 is 1.38 bits per heavy atom. The topological polar surface area (TPSA) is 187 Å². The fourth-order valence-corrected chi connectivity index (χ4v) is 1.74. The standard InChI is InChI=1S/C10H16N6O8/c1-3-23-9(17)13-5-6(14-10(18)24-4-2)12-7(11-5)8(15(19)20)16(21)22/h5-6,11-12H,3-4H2,1-2H3,(H,13,17)(H,14,18). The van der Waals surface area contributed by atoms with Crippen LogP contribution in [0.4, 0.5) is 9.59 Å². The number of alkyl carbamates (subject to hydrolysis) is 2. The van der Waals surface area contributed by atoms with E-state index >= 15 is 0 Å². The molecule has 2 atom stereocenters. The second-order valence-electron chi connectivity index (χ2n) is 4.19. The van der Waals surface area contributed by atoms with E-state index in [2.05, 4.69) is 30.7 Å². The van der Waals surface area contributed by atoms with Gasteiger partial charge in [-0.1, -0.05) is 0 Å². The minimum absolute atomic E-state index is 0.0553. The van der Waals surface area contributed by atoms with Gasteiger partial charge in [0.2, 0.25) is 0 Å². The summed E-state index contributed by atoms with van der Waals surface area (Å²) >= 11 is 0. The van der Waals surface area contributed by atoms with Crippen LogP contribution in [0.1, 0.15) is 13.8 Å². The summed E-state index contributed by atoms with van der Waals surface area (Å²) in [5.41, 5.74) is 0. The van der Waals surface area contributed by atoms with Crippen LogP contribution in [0.5, 0.6) is 0 Å². The summed E-state index contributed by atoms with van der Waals surface area (Å²) in [6.45, 7) is 3.22. The highest BCUT2D eigenvalue weighted by atomic mass is 16.7. The monoisotopic (exact) mass is 348 g/mol. The summed E-state index contributed by atoms with van der Waals surface area (Å²) in [7, 11) is 0. The molecule has 1 aliphatic heterocycles. The first-order valence-electron chi connectivity index (χ1n) is 6.72. The molecule has 1 rings (SSSR count). The SMILES string of the molecule is CCOC(=O)NC1NC(=C([N+](=O)[O-])[N+](=O)[O-])NC1NC(=O)OCC. The van der Waals surface area contributed by atoms with Crippen molar-refractivity contribution in [2.75, 3.05) is 13.2 Å². The highest BCUT2D eigenvalue weighted by Crippen LogP contribution is 2.10. The highest BCUT2D eigenvalue weighted by Gasteiger charge is 2.42. The van der Waals surface area contributed by atoms with E-state index in [0.717, 1.165) is 0 Å². The lowest BCUT2D eigenvalue weighted by molar-refractivity contribution is -0.618. The summed E-state index contributed by atoms with van der Waals surface area (Å²) in [6.07, 6.45) is -4.09. The van der Waals surface area contributed by atoms with Crippen LogP contribution in [-0.4, -0.2) is 47.6 Å². The molecule has 2 unspecified atom stereocenters. The van der Waals surface area contributed by atoms with Crippen molar-refractivity contribution in [2.45, 2.75) is 26.2 Å². The molecule has 1 heterocycles. The number of carbonyl (C=O) groups excluding carboxylic acids is 2. The first kappa shape index (κ1) is 18.7. The van der Waals surface area contributed by atoms with Gasteiger partial charge in [-0.15, -0.1) is 0 Å². The maximum absolute atomic E-state index is 11.5. The number of nitro groups is 2. The molecule has 0 aromatic rings. The van der Waals surface area contributed by atoms with E-state index in [1.165, 1.54) is 0 Å². The molecular weight excluding hydrogens is 332 g/mol. The quantitative estimate of drug-likeness (QED) is 0.342. The molecule has 0 bridgehead atoms. The van der Waals surface area contributed by atoms with Gasteiger partial charge >= 0.3 is 18.0 Å². The molecule has 0 radical (unpaired) electrons. The zero-order valence-corrected chi connectivity index (χ0v) is 12.7. The van der Waals surface area contributed by atoms with Gasteiger partial charge in [-0.2, -0.15) is 0 Å². The van der Waals surface area contributed by atoms with Gasteiger partial charge in [0, 0.05) is 0 Å². The van der Waals surface area contributed by atoms with Crippen molar-refractivity contribution in [3.05, 3.63) is 31.9 Å². The van der Waals surface area contributed by atoms with E-state index in [-0.39, 0.29) is 13.2 Å². The normalized spacial score (nSPS) is 18.7. The van der Waals surface area contributed by atoms with Crippen LogP contribution >= 0.6 is 0 Å². The fourth-order valence-electron chi connectivity index (χ4n) is 1.74. The molecular formula is C10H16N6O8. The van der Waals surface area contributed by atoms with Crippen LogP contribution in [0.2, 0.25) is 0 Å². The molecule has 1 fully saturated rings. The third-order valence-corrected chi connectivity index (χ3v) is 2.60. The average molecular weight is 348 g/mol. The fraction of sp³-hybridized carbons (Fsp3) is 0.600. The van der Waals surface area contributed by atoms with E-state index in [1.54, 1.807) is 13.8 Å². The van der Waals surface area contributed by atoms with Crippen molar-refractivity contribution >= 4 is 12.2 Å². The maximum Gasteiger partial charge on any atom is 0.599 e. The molecule has 0 saturated carbocycles. The Balaban J connectivity index is 3.01. The Morgan fingerprint density at radius 1 is 1.00 bits per heavy atom. The second kappa shape index (κ2) is 8.35. The number of hydrogen-bond donors (Lipinski definition) is 4. The molecule has 0 aromatic carbocycles. The van der Waals surface area contributed by atoms with Crippen LogP contribution in [0, 0.1) is 20.2 Å². The van der Waals surface area contributed by atoms with E-state index in [1.807, 2.05) is 0 Å². The van der Waals surface area contributed by atoms with E-state index in [4.69, 9.17) is 0 Å². The Bertz CT molecular complexity index is 518. The number of ether oxygens (including phenoxy) is 2. The zero-order chi connectivity index (χ0) is 18.3. The number of rotatable bonds is 6. The number of amides is 2. The lowest BCUT2D eigenvalue weighted by Gasteiger charge is -2.20. The van der Waals surface area contributed by atoms with Crippen LogP contribution in [0.15, 0.2) is 11.6 Å². The Morgan fingerprint density at radius 3 is 1.67 bits per heavy atom. The third-order valence-electron chi connectivity index (χ3n) is 2.60. The Kier molecular flexibility index (Phi) is 6.51. The summed E-state index contributed by atoms with van der Waals surface area (Å²) in [5, 5.41) is 30.8. The minimum atomic E-state index is -1.38. The van der Waals surface area contributed by atoms with Gasteiger partial charge < -0.3 is 20.1 Å². The van der Waals surface area contributed by atoms with Crippen molar-refractivity contribution in [2.24, 2.45) is 0 Å². The van der Waals surface area contributed by atoms with Crippen LogP contribution in [-0.2, 0) is 9.47 Å². The van der Waals surface area contributed by atoms with Gasteiger partial charge in [-0.3, -0.25) is 30.9 Å². The Hall–Kier alpha value is -3.32. The number of hydrogen-bond acceptors (Lipinski definition) is 10. The third kappa shape index (κ3) is 4.85. The van der Waals surface area contributed by atoms with Crippen molar-refractivity contribution < 1.29 is 28.9 Å². The highest BCUT2D eigenvalue weighted by molar-refractivity contribution is 5.69. The summed E-state index contributed by atoms with van der Waals surface area (Å²) in [5.74, 6) is -1.97. The molecule has 1 aliphatic rings. The van der Waals surface area contributed by atoms with E-state index in [9.17, 15) is 29.8 Å². The number of nitrogens with zero attached hydrogens (tertiary/aromatic N) is 2. The predicted octanol–water partition coefficient (Wildman–Crippen LogP) is -0.996. The van der Waals surface area contributed by atoms with Gasteiger partial charge in [0.15, 0.2) is 0 Å². The predicted molar refractivity (Wildman–Crippen MR) is 75.2 cm³/mol. The molecule has 14 nitrogen and oxygen atoms in total. The molecule has 134 valence electrons. The van der Waals surface area contributed by atoms with Gasteiger partial charge in [0.1, 0.15) is 22.2 Å². The van der Waals surface area contributed by atoms with Gasteiger partial charge in [0.25, 0.3) is 5.82 Å². The first-order valence-corrected chi connectivity index (χ1v) is 6.72. The summed E-state index contributed by atoms with van der Waals surface area (Å²) < 4.78 is 9.30. The van der Waals surface area contributed by atoms with Crippen molar-refractivity contribution in [3.8, 4) is 0 Å². The number of carbonyl (C=O) groups is 2. The molecule has 2 amide bonds. The Labute approximate surface area is 134 Å². The zero-order valence-electron chi connectivity index (χ0n) is 12.7. The molecule has 0 aromatic heterocycles. The molecule has 0 aliphatic carbocycles. The maximum atomic E-state index is 11.5. The van der Waals surface area contributed by atoms with E-state index < -0.39 is 46.0 Å². The van der Waals surface area contributed by atoms with E-state index in [0.29, 0.717) is 0 Å². The van der Waals surface area contributed by atoms with Crippen molar-refractivity contribution in [1.29, 1.82) is 0 Å². The van der Waals surface area contributed by atoms with Crippen LogP contribution < -0.4 is 21.3 Å². The van der Waals surface area contributed by atoms with Crippen LogP contribution in [0.3, 0.4) is 0 Å². The largest absolute Gasteiger partial charge is 0.599 e. The lowest BCUT2D eigenvalue weighted by atomic mass is 10.4. The van der Waals surface area contributed by atoms with Crippen LogP contribution in [0.25, 0.3) is 0 Å². The average Bonchev–Trinajstić information content (AvgIpc) is 2.80. The van der Waals surface area contributed by atoms with Gasteiger partial charge in [-0.05, 0) is 13.8 Å². The molecule has 0 spiro atoms. The molecule has 4 N–H and O–H groups in total. The molecule has 24 heavy (non-hydrogen) atoms. The molecule has 14 heteroatoms. The lowest BCUT2D eigenvalue weighted by Crippen LogP contribution is -2.56. The summed E-state index contributed by atoms with van der Waals surface area (Å²) in [6, 6.07) is 0. The van der Waals surface area contributed by atoms with Crippen molar-refractivity contribution in [3.63, 3.8) is 0 Å². The summed E-state index contributed by atoms with van der Waals surface area (Å²) in [4.78, 5) is 42.1. The smallest absolute Gasteiger partial charge is 0.450 e. The molecule has 1 saturated heterocycles. The first-order chi connectivity index (χ1) is 11.3. The number of nitrogens with one attached hydrogen (secondary N) is 4.